The highest BCUT2D eigenvalue weighted by molar-refractivity contribution is 5.29. The first-order valence-electron chi connectivity index (χ1n) is 7.45. The minimum atomic E-state index is 0.408. The zero-order valence-electron chi connectivity index (χ0n) is 12.1. The average molecular weight is 245 g/mol. The van der Waals surface area contributed by atoms with Crippen molar-refractivity contribution in [2.45, 2.75) is 57.9 Å². The molecule has 1 N–H and O–H groups in total. The molecule has 18 heavy (non-hydrogen) atoms. The van der Waals surface area contributed by atoms with Crippen molar-refractivity contribution in [2.75, 3.05) is 6.54 Å². The number of benzene rings is 1. The lowest BCUT2D eigenvalue weighted by Crippen LogP contribution is -2.49. The fraction of sp³-hybridized carbons (Fsp3) is 0.647. The van der Waals surface area contributed by atoms with Crippen LogP contribution in [0.5, 0.6) is 0 Å². The molecule has 0 radical (unpaired) electrons. The summed E-state index contributed by atoms with van der Waals surface area (Å²) in [6, 6.07) is 11.7. The molecular weight excluding hydrogens is 218 g/mol. The molecule has 1 nitrogen and oxygen atoms in total. The standard InChI is InChI=1S/C17H27N/c1-4-8-15-11-17(12-15,13-18-14(2)3)16-9-6-5-7-10-16/h5-7,9-10,14-15,18H,4,8,11-13H2,1-3H3. The molecule has 1 fully saturated rings. The summed E-state index contributed by atoms with van der Waals surface area (Å²) < 4.78 is 0. The molecule has 0 spiro atoms. The Kier molecular flexibility index (Phi) is 4.45. The van der Waals surface area contributed by atoms with Crippen LogP contribution in [0.15, 0.2) is 30.3 Å². The molecule has 1 aliphatic rings. The molecule has 1 aliphatic carbocycles. The summed E-state index contributed by atoms with van der Waals surface area (Å²) in [6.45, 7) is 7.91. The van der Waals surface area contributed by atoms with E-state index < -0.39 is 0 Å². The summed E-state index contributed by atoms with van der Waals surface area (Å²) in [4.78, 5) is 0. The maximum atomic E-state index is 3.65. The second-order valence-electron chi connectivity index (χ2n) is 6.24. The fourth-order valence-electron chi connectivity index (χ4n) is 3.33. The predicted molar refractivity (Wildman–Crippen MR) is 78.9 cm³/mol. The van der Waals surface area contributed by atoms with E-state index in [0.717, 1.165) is 12.5 Å². The van der Waals surface area contributed by atoms with Crippen molar-refractivity contribution in [3.8, 4) is 0 Å². The van der Waals surface area contributed by atoms with Crippen molar-refractivity contribution in [3.63, 3.8) is 0 Å². The first-order valence-corrected chi connectivity index (χ1v) is 7.45. The van der Waals surface area contributed by atoms with Crippen molar-refractivity contribution in [3.05, 3.63) is 35.9 Å². The molecule has 0 heterocycles. The van der Waals surface area contributed by atoms with E-state index in [1.165, 1.54) is 31.2 Å². The molecule has 0 aliphatic heterocycles. The van der Waals surface area contributed by atoms with Crippen molar-refractivity contribution in [1.29, 1.82) is 0 Å². The van der Waals surface area contributed by atoms with Gasteiger partial charge in [0.25, 0.3) is 0 Å². The Morgan fingerprint density at radius 2 is 1.89 bits per heavy atom. The molecule has 0 bridgehead atoms. The maximum absolute atomic E-state index is 3.65. The third-order valence-electron chi connectivity index (χ3n) is 4.29. The summed E-state index contributed by atoms with van der Waals surface area (Å²) in [5.74, 6) is 0.948. The Balaban J connectivity index is 2.06. The highest BCUT2D eigenvalue weighted by Gasteiger charge is 2.44. The van der Waals surface area contributed by atoms with Crippen LogP contribution < -0.4 is 5.32 Å². The lowest BCUT2D eigenvalue weighted by atomic mass is 9.57. The van der Waals surface area contributed by atoms with Gasteiger partial charge in [-0.3, -0.25) is 0 Å². The summed E-state index contributed by atoms with van der Waals surface area (Å²) in [7, 11) is 0. The van der Waals surface area contributed by atoms with Crippen LogP contribution in [0.25, 0.3) is 0 Å². The molecule has 1 heteroatoms. The molecule has 100 valence electrons. The molecular formula is C17H27N. The highest BCUT2D eigenvalue weighted by atomic mass is 14.9. The SMILES string of the molecule is CCCC1CC(CNC(C)C)(c2ccccc2)C1. The highest BCUT2D eigenvalue weighted by Crippen LogP contribution is 2.49. The first-order chi connectivity index (χ1) is 8.66. The van der Waals surface area contributed by atoms with E-state index in [2.05, 4.69) is 56.4 Å². The van der Waals surface area contributed by atoms with Crippen LogP contribution in [-0.4, -0.2) is 12.6 Å². The van der Waals surface area contributed by atoms with Crippen LogP contribution in [0, 0.1) is 5.92 Å². The third-order valence-corrected chi connectivity index (χ3v) is 4.29. The van der Waals surface area contributed by atoms with E-state index in [4.69, 9.17) is 0 Å². The van der Waals surface area contributed by atoms with Crippen molar-refractivity contribution >= 4 is 0 Å². The second kappa shape index (κ2) is 5.88. The summed E-state index contributed by atoms with van der Waals surface area (Å²) in [5.41, 5.74) is 1.94. The molecule has 1 aromatic rings. The zero-order valence-corrected chi connectivity index (χ0v) is 12.1. The van der Waals surface area contributed by atoms with Gasteiger partial charge in [-0.25, -0.2) is 0 Å². The van der Waals surface area contributed by atoms with Crippen molar-refractivity contribution in [2.24, 2.45) is 5.92 Å². The molecule has 1 aromatic carbocycles. The summed E-state index contributed by atoms with van der Waals surface area (Å²) in [6.07, 6.45) is 5.46. The number of hydrogen-bond donors (Lipinski definition) is 1. The Morgan fingerprint density at radius 1 is 1.22 bits per heavy atom. The van der Waals surface area contributed by atoms with E-state index in [0.29, 0.717) is 11.5 Å². The summed E-state index contributed by atoms with van der Waals surface area (Å²) >= 11 is 0. The quantitative estimate of drug-likeness (QED) is 0.794. The minimum absolute atomic E-state index is 0.408. The van der Waals surface area contributed by atoms with Crippen LogP contribution in [0.2, 0.25) is 0 Å². The van der Waals surface area contributed by atoms with Crippen LogP contribution >= 0.6 is 0 Å². The Labute approximate surface area is 112 Å². The molecule has 0 amide bonds. The van der Waals surface area contributed by atoms with Crippen LogP contribution in [0.3, 0.4) is 0 Å². The minimum Gasteiger partial charge on any atom is -0.314 e. The van der Waals surface area contributed by atoms with Crippen LogP contribution in [0.4, 0.5) is 0 Å². The van der Waals surface area contributed by atoms with E-state index in [9.17, 15) is 0 Å². The average Bonchev–Trinajstić information content (AvgIpc) is 2.33. The van der Waals surface area contributed by atoms with Gasteiger partial charge in [-0.2, -0.15) is 0 Å². The van der Waals surface area contributed by atoms with Crippen LogP contribution in [-0.2, 0) is 5.41 Å². The van der Waals surface area contributed by atoms with Gasteiger partial charge in [0.1, 0.15) is 0 Å². The molecule has 0 saturated heterocycles. The normalized spacial score (nSPS) is 27.2. The van der Waals surface area contributed by atoms with Gasteiger partial charge in [0.15, 0.2) is 0 Å². The fourth-order valence-corrected chi connectivity index (χ4v) is 3.33. The van der Waals surface area contributed by atoms with E-state index in [1.54, 1.807) is 0 Å². The van der Waals surface area contributed by atoms with Gasteiger partial charge < -0.3 is 5.32 Å². The van der Waals surface area contributed by atoms with Crippen LogP contribution in [0.1, 0.15) is 52.0 Å². The van der Waals surface area contributed by atoms with E-state index in [1.807, 2.05) is 0 Å². The van der Waals surface area contributed by atoms with Gasteiger partial charge in [-0.1, -0.05) is 63.9 Å². The Hall–Kier alpha value is -0.820. The number of rotatable bonds is 6. The third kappa shape index (κ3) is 2.95. The lowest BCUT2D eigenvalue weighted by Gasteiger charge is -2.49. The number of nitrogens with one attached hydrogen (secondary N) is 1. The predicted octanol–water partition coefficient (Wildman–Crippen LogP) is 4.13. The molecule has 1 saturated carbocycles. The zero-order chi connectivity index (χ0) is 13.0. The van der Waals surface area contributed by atoms with E-state index >= 15 is 0 Å². The molecule has 2 rings (SSSR count). The van der Waals surface area contributed by atoms with E-state index in [-0.39, 0.29) is 0 Å². The lowest BCUT2D eigenvalue weighted by molar-refractivity contribution is 0.126. The Bertz CT molecular complexity index is 349. The number of hydrogen-bond acceptors (Lipinski definition) is 1. The second-order valence-corrected chi connectivity index (χ2v) is 6.24. The molecule has 0 atom stereocenters. The Morgan fingerprint density at radius 3 is 2.44 bits per heavy atom. The summed E-state index contributed by atoms with van der Waals surface area (Å²) in [5, 5.41) is 3.65. The smallest absolute Gasteiger partial charge is 0.00831 e. The van der Waals surface area contributed by atoms with Crippen molar-refractivity contribution in [1.82, 2.24) is 5.32 Å². The van der Waals surface area contributed by atoms with Gasteiger partial charge in [0.2, 0.25) is 0 Å². The first kappa shape index (κ1) is 13.6. The largest absolute Gasteiger partial charge is 0.314 e. The van der Waals surface area contributed by atoms with Gasteiger partial charge in [0.05, 0.1) is 0 Å². The monoisotopic (exact) mass is 245 g/mol. The van der Waals surface area contributed by atoms with Gasteiger partial charge >= 0.3 is 0 Å². The topological polar surface area (TPSA) is 12.0 Å². The van der Waals surface area contributed by atoms with Gasteiger partial charge in [0, 0.05) is 18.0 Å². The molecule has 0 aromatic heterocycles. The maximum Gasteiger partial charge on any atom is 0.00831 e. The van der Waals surface area contributed by atoms with Gasteiger partial charge in [-0.15, -0.1) is 0 Å². The molecule has 0 unspecified atom stereocenters. The van der Waals surface area contributed by atoms with Gasteiger partial charge in [-0.05, 0) is 24.3 Å². The van der Waals surface area contributed by atoms with Crippen molar-refractivity contribution < 1.29 is 0 Å².